The lowest BCUT2D eigenvalue weighted by atomic mass is 9.70. The zero-order valence-corrected chi connectivity index (χ0v) is 31.6. The smallest absolute Gasteiger partial charge is 0.313 e. The van der Waals surface area contributed by atoms with E-state index < -0.39 is 66.1 Å². The Morgan fingerprint density at radius 2 is 1.92 bits per heavy atom. The number of nitrogens with one attached hydrogen (secondary N) is 1. The van der Waals surface area contributed by atoms with Gasteiger partial charge in [-0.25, -0.2) is 0 Å². The fourth-order valence-electron chi connectivity index (χ4n) is 7.96. The van der Waals surface area contributed by atoms with Gasteiger partial charge in [0.15, 0.2) is 0 Å². The number of alkyl halides is 1. The number of aliphatic hydroxyl groups is 1. The van der Waals surface area contributed by atoms with E-state index in [-0.39, 0.29) is 42.6 Å². The number of carbonyl (C=O) groups excluding carboxylic acids is 4. The van der Waals surface area contributed by atoms with Crippen LogP contribution in [0.1, 0.15) is 56.8 Å². The van der Waals surface area contributed by atoms with E-state index in [1.54, 1.807) is 36.4 Å². The van der Waals surface area contributed by atoms with Gasteiger partial charge in [0, 0.05) is 17.8 Å². The summed E-state index contributed by atoms with van der Waals surface area (Å²) in [6.07, 6.45) is 3.27. The molecule has 1 spiro atoms. The minimum Gasteiger partial charge on any atom is -0.455 e. The molecule has 9 atom stereocenters. The molecule has 3 aliphatic rings. The number of halogens is 2. The maximum atomic E-state index is 15.1. The molecule has 10 nitrogen and oxygen atoms in total. The number of aliphatic hydroxyl groups excluding tert-OH is 1. The molecule has 5 rings (SSSR count). The number of allylic oxidation sites excluding steroid dienone is 1. The van der Waals surface area contributed by atoms with E-state index in [4.69, 9.17) is 21.1 Å². The van der Waals surface area contributed by atoms with Crippen LogP contribution >= 0.6 is 27.5 Å². The van der Waals surface area contributed by atoms with E-state index in [1.165, 1.54) is 9.80 Å². The molecule has 274 valence electrons. The standard InChI is InChI=1S/C39H47BrClN3O7/c1-6-9-18-30(46)42-21-29(25-15-11-10-12-16-25)50-38(49)31-32-36(47)44(28(22-45)23(4)8-3)35(39(32)20-26(40)34(31)51-39)37(48)43(19-7-2)33-24(5)14-13-17-27(33)41/h6-7,10-17,23,26,28-29,31-32,34-35,45H,1-2,8-9,18-22H2,3-5H3,(H,42,46)/t23-,26?,28-,29+,31-,32+,34-,35-,39+/m0/s1. The van der Waals surface area contributed by atoms with Crippen LogP contribution in [-0.2, 0) is 28.7 Å². The Kier molecular flexibility index (Phi) is 12.5. The van der Waals surface area contributed by atoms with Gasteiger partial charge in [-0.2, -0.15) is 0 Å². The molecule has 2 aromatic carbocycles. The summed E-state index contributed by atoms with van der Waals surface area (Å²) in [6, 6.07) is 12.5. The summed E-state index contributed by atoms with van der Waals surface area (Å²) < 4.78 is 12.9. The van der Waals surface area contributed by atoms with Crippen LogP contribution < -0.4 is 10.2 Å². The number of ether oxygens (including phenoxy) is 2. The Morgan fingerprint density at radius 3 is 2.55 bits per heavy atom. The van der Waals surface area contributed by atoms with Gasteiger partial charge >= 0.3 is 5.97 Å². The Hall–Kier alpha value is -3.51. The lowest BCUT2D eigenvalue weighted by Gasteiger charge is -2.41. The number of benzene rings is 2. The van der Waals surface area contributed by atoms with Crippen molar-refractivity contribution in [2.24, 2.45) is 17.8 Å². The second-order valence-corrected chi connectivity index (χ2v) is 15.2. The number of likely N-dealkylation sites (tertiary alicyclic amines) is 1. The van der Waals surface area contributed by atoms with E-state index in [0.29, 0.717) is 29.1 Å². The van der Waals surface area contributed by atoms with Gasteiger partial charge in [0.1, 0.15) is 17.7 Å². The molecule has 3 amide bonds. The first-order valence-corrected chi connectivity index (χ1v) is 18.8. The Morgan fingerprint density at radius 1 is 1.20 bits per heavy atom. The number of hydrogen-bond acceptors (Lipinski definition) is 7. The van der Waals surface area contributed by atoms with Crippen LogP contribution in [0.5, 0.6) is 0 Å². The number of nitrogens with zero attached hydrogens (tertiary/aromatic N) is 2. The van der Waals surface area contributed by atoms with E-state index in [1.807, 2.05) is 45.0 Å². The van der Waals surface area contributed by atoms with Crippen LogP contribution in [0.2, 0.25) is 5.02 Å². The van der Waals surface area contributed by atoms with Crippen LogP contribution in [-0.4, -0.2) is 82.0 Å². The number of esters is 1. The van der Waals surface area contributed by atoms with E-state index in [2.05, 4.69) is 34.4 Å². The van der Waals surface area contributed by atoms with Crippen molar-refractivity contribution >= 4 is 56.9 Å². The van der Waals surface area contributed by atoms with Gasteiger partial charge in [-0.15, -0.1) is 13.2 Å². The molecule has 3 fully saturated rings. The number of para-hydroxylation sites is 1. The van der Waals surface area contributed by atoms with Crippen molar-refractivity contribution in [3.05, 3.63) is 90.0 Å². The fraction of sp³-hybridized carbons (Fsp3) is 0.487. The summed E-state index contributed by atoms with van der Waals surface area (Å²) >= 11 is 10.4. The molecule has 51 heavy (non-hydrogen) atoms. The Bertz CT molecular complexity index is 1620. The second kappa shape index (κ2) is 16.4. The maximum Gasteiger partial charge on any atom is 0.313 e. The summed E-state index contributed by atoms with van der Waals surface area (Å²) in [5, 5.41) is 14.0. The predicted octanol–water partition coefficient (Wildman–Crippen LogP) is 5.69. The molecule has 2 aromatic rings. The number of rotatable bonds is 16. The summed E-state index contributed by atoms with van der Waals surface area (Å²) in [5.74, 6) is -4.08. The molecule has 2 N–H and O–H groups in total. The second-order valence-electron chi connectivity index (χ2n) is 13.7. The van der Waals surface area contributed by atoms with Crippen molar-refractivity contribution in [2.45, 2.75) is 81.2 Å². The van der Waals surface area contributed by atoms with Crippen LogP contribution in [0.3, 0.4) is 0 Å². The fourth-order valence-corrected chi connectivity index (χ4v) is 9.23. The van der Waals surface area contributed by atoms with E-state index >= 15 is 4.79 Å². The number of anilines is 1. The number of fused-ring (bicyclic) bond motifs is 1. The minimum atomic E-state index is -1.41. The minimum absolute atomic E-state index is 0.0208. The molecule has 3 aliphatic heterocycles. The van der Waals surface area contributed by atoms with Crippen LogP contribution in [0.25, 0.3) is 0 Å². The molecular formula is C39H47BrClN3O7. The van der Waals surface area contributed by atoms with Gasteiger partial charge < -0.3 is 29.7 Å². The third kappa shape index (κ3) is 7.27. The lowest BCUT2D eigenvalue weighted by molar-refractivity contribution is -0.161. The molecule has 3 saturated heterocycles. The van der Waals surface area contributed by atoms with Crippen molar-refractivity contribution in [3.8, 4) is 0 Å². The molecule has 0 saturated carbocycles. The van der Waals surface area contributed by atoms with Crippen molar-refractivity contribution in [2.75, 3.05) is 24.6 Å². The van der Waals surface area contributed by atoms with Gasteiger partial charge in [0.25, 0.3) is 5.91 Å². The van der Waals surface area contributed by atoms with Crippen LogP contribution in [0.4, 0.5) is 5.69 Å². The highest BCUT2D eigenvalue weighted by atomic mass is 79.9. The van der Waals surface area contributed by atoms with Crippen LogP contribution in [0.15, 0.2) is 73.8 Å². The number of amides is 3. The molecule has 0 aliphatic carbocycles. The lowest BCUT2D eigenvalue weighted by Crippen LogP contribution is -2.60. The van der Waals surface area contributed by atoms with Crippen LogP contribution in [0, 0.1) is 24.7 Å². The first-order chi connectivity index (χ1) is 24.4. The first kappa shape index (κ1) is 38.7. The summed E-state index contributed by atoms with van der Waals surface area (Å²) in [6.45, 7) is 13.0. The molecule has 0 aromatic heterocycles. The zero-order chi connectivity index (χ0) is 37.0. The molecule has 2 bridgehead atoms. The average molecular weight is 785 g/mol. The van der Waals surface area contributed by atoms with Gasteiger partial charge in [-0.05, 0) is 42.9 Å². The Labute approximate surface area is 313 Å². The molecule has 3 heterocycles. The van der Waals surface area contributed by atoms with Gasteiger partial charge in [-0.1, -0.05) is 102 Å². The normalized spacial score (nSPS) is 26.6. The summed E-state index contributed by atoms with van der Waals surface area (Å²) in [7, 11) is 0. The molecule has 12 heteroatoms. The highest BCUT2D eigenvalue weighted by Gasteiger charge is 2.78. The summed E-state index contributed by atoms with van der Waals surface area (Å²) in [5.41, 5.74) is 0.500. The van der Waals surface area contributed by atoms with Gasteiger partial charge in [0.2, 0.25) is 11.8 Å². The SMILES string of the molecule is C=CCCC(=O)NC[C@@H](OC(=O)[C@@H]1[C@H]2O[C@@]3(CC2Br)[C@H](C(=O)N(CC=C)c2c(C)cccc2Cl)N([C@@H](CO)[C@@H](C)CC)C(=O)[C@@H]13)c1ccccc1. The highest BCUT2D eigenvalue weighted by molar-refractivity contribution is 9.09. The zero-order valence-electron chi connectivity index (χ0n) is 29.3. The molecular weight excluding hydrogens is 738 g/mol. The van der Waals surface area contributed by atoms with Crippen molar-refractivity contribution in [1.29, 1.82) is 0 Å². The third-order valence-electron chi connectivity index (χ3n) is 10.6. The molecule has 1 unspecified atom stereocenters. The van der Waals surface area contributed by atoms with Crippen molar-refractivity contribution in [3.63, 3.8) is 0 Å². The third-order valence-corrected chi connectivity index (χ3v) is 11.8. The van der Waals surface area contributed by atoms with Gasteiger partial charge in [-0.3, -0.25) is 19.2 Å². The van der Waals surface area contributed by atoms with E-state index in [0.717, 1.165) is 5.56 Å². The van der Waals surface area contributed by atoms with Crippen molar-refractivity contribution < 1.29 is 33.8 Å². The monoisotopic (exact) mass is 783 g/mol. The number of hydrogen-bond donors (Lipinski definition) is 2. The van der Waals surface area contributed by atoms with E-state index in [9.17, 15) is 19.5 Å². The number of aryl methyl sites for hydroxylation is 1. The Balaban J connectivity index is 1.56. The molecule has 0 radical (unpaired) electrons. The number of carbonyl (C=O) groups is 4. The van der Waals surface area contributed by atoms with Gasteiger partial charge in [0.05, 0.1) is 47.8 Å². The summed E-state index contributed by atoms with van der Waals surface area (Å²) in [4.78, 5) is 59.6. The highest BCUT2D eigenvalue weighted by Crippen LogP contribution is 2.61. The topological polar surface area (TPSA) is 125 Å². The largest absolute Gasteiger partial charge is 0.455 e. The van der Waals surface area contributed by atoms with Crippen molar-refractivity contribution in [1.82, 2.24) is 10.2 Å². The quantitative estimate of drug-likeness (QED) is 0.127. The predicted molar refractivity (Wildman–Crippen MR) is 199 cm³/mol. The maximum absolute atomic E-state index is 15.1. The first-order valence-electron chi connectivity index (χ1n) is 17.5. The average Bonchev–Trinajstić information content (AvgIpc) is 3.72.